The van der Waals surface area contributed by atoms with Crippen LogP contribution in [0.15, 0.2) is 60.9 Å². The van der Waals surface area contributed by atoms with E-state index in [0.29, 0.717) is 39.5 Å². The minimum atomic E-state index is -1.22. The van der Waals surface area contributed by atoms with Gasteiger partial charge in [-0.1, -0.05) is 36.4 Å². The van der Waals surface area contributed by atoms with Crippen molar-refractivity contribution in [3.63, 3.8) is 0 Å². The van der Waals surface area contributed by atoms with Crippen molar-refractivity contribution >= 4 is 52.0 Å². The molecule has 0 radical (unpaired) electrons. The highest BCUT2D eigenvalue weighted by Gasteiger charge is 2.30. The van der Waals surface area contributed by atoms with E-state index in [1.165, 1.54) is 9.13 Å². The monoisotopic (exact) mass is 732 g/mol. The third kappa shape index (κ3) is 11.2. The number of aromatic nitrogens is 2. The molecule has 0 aliphatic heterocycles. The zero-order chi connectivity index (χ0) is 39.3. The van der Waals surface area contributed by atoms with Gasteiger partial charge in [0.05, 0.1) is 11.0 Å². The fourth-order valence-corrected chi connectivity index (χ4v) is 5.63. The minimum Gasteiger partial charge on any atom is -0.444 e. The van der Waals surface area contributed by atoms with Crippen LogP contribution in [0.4, 0.5) is 19.2 Å². The molecule has 2 heterocycles. The molecule has 4 N–H and O–H groups in total. The van der Waals surface area contributed by atoms with Crippen LogP contribution in [0.1, 0.15) is 80.4 Å². The standard InChI is InChI=1S/C39H52N6O8/c1-11-40-33(47)43-31(21-25-23-45(36(50)53-39(8,9)10)30-19-15-13-17-27(25)30)42-32(46)28(41-34(48)51-37(2,3)4)20-24-22-44(35(49)52-38(5,6)7)29-18-14-12-16-26(24)29/h12-19,22-23,28,31H,11,20-21H2,1-10H3,(H,41,48)(H,42,46)(H2,40,43,47)/t28-,31+/m1/s1. The summed E-state index contributed by atoms with van der Waals surface area (Å²) in [7, 11) is 0. The lowest BCUT2D eigenvalue weighted by Gasteiger charge is -2.26. The van der Waals surface area contributed by atoms with Crippen LogP contribution >= 0.6 is 0 Å². The van der Waals surface area contributed by atoms with Crippen LogP contribution in [0.25, 0.3) is 21.8 Å². The normalized spacial score (nSPS) is 13.2. The average molecular weight is 733 g/mol. The fourth-order valence-electron chi connectivity index (χ4n) is 5.63. The summed E-state index contributed by atoms with van der Waals surface area (Å²) < 4.78 is 19.5. The number of ether oxygens (including phenoxy) is 3. The number of hydrogen-bond acceptors (Lipinski definition) is 8. The summed E-state index contributed by atoms with van der Waals surface area (Å²) in [5.41, 5.74) is 0.0174. The molecular formula is C39H52N6O8. The molecule has 2 aromatic heterocycles. The summed E-state index contributed by atoms with van der Waals surface area (Å²) in [4.78, 5) is 66.7. The lowest BCUT2D eigenvalue weighted by Crippen LogP contribution is -2.57. The van der Waals surface area contributed by atoms with E-state index in [0.717, 1.165) is 0 Å². The number of urea groups is 1. The first-order valence-corrected chi connectivity index (χ1v) is 17.6. The van der Waals surface area contributed by atoms with Crippen molar-refractivity contribution in [1.82, 2.24) is 30.4 Å². The van der Waals surface area contributed by atoms with Gasteiger partial charge in [-0.2, -0.15) is 0 Å². The van der Waals surface area contributed by atoms with Gasteiger partial charge in [-0.25, -0.2) is 19.2 Å². The van der Waals surface area contributed by atoms with Crippen LogP contribution < -0.4 is 21.3 Å². The van der Waals surface area contributed by atoms with Gasteiger partial charge in [0.1, 0.15) is 29.0 Å². The van der Waals surface area contributed by atoms with Crippen molar-refractivity contribution in [1.29, 1.82) is 0 Å². The first-order chi connectivity index (χ1) is 24.6. The highest BCUT2D eigenvalue weighted by molar-refractivity contribution is 5.94. The minimum absolute atomic E-state index is 0.0484. The summed E-state index contributed by atoms with van der Waals surface area (Å²) in [6.07, 6.45) is 0.219. The van der Waals surface area contributed by atoms with E-state index in [9.17, 15) is 24.0 Å². The fraction of sp³-hybridized carbons (Fsp3) is 0.462. The second-order valence-electron chi connectivity index (χ2n) is 15.7. The summed E-state index contributed by atoms with van der Waals surface area (Å²) in [6, 6.07) is 12.7. The number of benzene rings is 2. The molecule has 0 bridgehead atoms. The lowest BCUT2D eigenvalue weighted by molar-refractivity contribution is -0.124. The maximum Gasteiger partial charge on any atom is 0.419 e. The third-order valence-corrected chi connectivity index (χ3v) is 7.58. The van der Waals surface area contributed by atoms with Crippen molar-refractivity contribution in [2.45, 2.75) is 111 Å². The Morgan fingerprint density at radius 2 is 1.08 bits per heavy atom. The summed E-state index contributed by atoms with van der Waals surface area (Å²) in [6.45, 7) is 17.8. The number of para-hydroxylation sites is 2. The van der Waals surface area contributed by atoms with E-state index in [1.54, 1.807) is 106 Å². The zero-order valence-electron chi connectivity index (χ0n) is 32.2. The maximum absolute atomic E-state index is 14.3. The Labute approximate surface area is 309 Å². The Balaban J connectivity index is 1.71. The molecule has 14 heteroatoms. The van der Waals surface area contributed by atoms with Crippen molar-refractivity contribution < 1.29 is 38.2 Å². The molecule has 0 saturated carbocycles. The van der Waals surface area contributed by atoms with Crippen LogP contribution in [-0.2, 0) is 31.8 Å². The van der Waals surface area contributed by atoms with Crippen LogP contribution in [0, 0.1) is 0 Å². The van der Waals surface area contributed by atoms with E-state index < -0.39 is 59.2 Å². The molecule has 0 aliphatic carbocycles. The van der Waals surface area contributed by atoms with Gasteiger partial charge in [-0.3, -0.25) is 13.9 Å². The molecule has 0 saturated heterocycles. The van der Waals surface area contributed by atoms with Gasteiger partial charge in [0.15, 0.2) is 0 Å². The molecule has 286 valence electrons. The smallest absolute Gasteiger partial charge is 0.419 e. The Bertz CT molecular complexity index is 1980. The molecule has 53 heavy (non-hydrogen) atoms. The van der Waals surface area contributed by atoms with Crippen molar-refractivity contribution in [3.05, 3.63) is 72.1 Å². The van der Waals surface area contributed by atoms with E-state index in [-0.39, 0.29) is 12.8 Å². The van der Waals surface area contributed by atoms with Crippen molar-refractivity contribution in [3.8, 4) is 0 Å². The van der Waals surface area contributed by atoms with Crippen molar-refractivity contribution in [2.24, 2.45) is 0 Å². The predicted octanol–water partition coefficient (Wildman–Crippen LogP) is 6.60. The first-order valence-electron chi connectivity index (χ1n) is 17.6. The Kier molecular flexibility index (Phi) is 12.2. The highest BCUT2D eigenvalue weighted by Crippen LogP contribution is 2.26. The van der Waals surface area contributed by atoms with Gasteiger partial charge in [0, 0.05) is 42.6 Å². The summed E-state index contributed by atoms with van der Waals surface area (Å²) >= 11 is 0. The number of hydrogen-bond donors (Lipinski definition) is 4. The highest BCUT2D eigenvalue weighted by atomic mass is 16.6. The number of fused-ring (bicyclic) bond motifs is 2. The van der Waals surface area contributed by atoms with E-state index in [2.05, 4.69) is 21.3 Å². The molecule has 4 aromatic rings. The van der Waals surface area contributed by atoms with Crippen molar-refractivity contribution in [2.75, 3.05) is 6.54 Å². The number of amides is 4. The number of carbonyl (C=O) groups is 5. The van der Waals surface area contributed by atoms with E-state index in [4.69, 9.17) is 14.2 Å². The molecule has 2 aromatic carbocycles. The molecule has 14 nitrogen and oxygen atoms in total. The van der Waals surface area contributed by atoms with Gasteiger partial charge in [0.2, 0.25) is 5.91 Å². The second-order valence-corrected chi connectivity index (χ2v) is 15.7. The Morgan fingerprint density at radius 3 is 1.53 bits per heavy atom. The molecule has 0 spiro atoms. The quantitative estimate of drug-likeness (QED) is 0.110. The van der Waals surface area contributed by atoms with Crippen LogP contribution in [0.2, 0.25) is 0 Å². The van der Waals surface area contributed by atoms with Gasteiger partial charge in [-0.05, 0) is 92.5 Å². The largest absolute Gasteiger partial charge is 0.444 e. The van der Waals surface area contributed by atoms with Gasteiger partial charge < -0.3 is 35.5 Å². The molecule has 4 rings (SSSR count). The topological polar surface area (TPSA) is 171 Å². The molecular weight excluding hydrogens is 680 g/mol. The van der Waals surface area contributed by atoms with E-state index in [1.807, 2.05) is 24.3 Å². The average Bonchev–Trinajstić information content (AvgIpc) is 3.57. The predicted molar refractivity (Wildman–Crippen MR) is 202 cm³/mol. The number of carbonyl (C=O) groups excluding carboxylic acids is 5. The zero-order valence-corrected chi connectivity index (χ0v) is 32.2. The third-order valence-electron chi connectivity index (χ3n) is 7.58. The second kappa shape index (κ2) is 16.0. The molecule has 0 fully saturated rings. The van der Waals surface area contributed by atoms with Crippen LogP contribution in [-0.4, -0.2) is 74.9 Å². The summed E-state index contributed by atoms with van der Waals surface area (Å²) in [5, 5.41) is 12.5. The molecule has 0 unspecified atom stereocenters. The molecule has 0 aliphatic rings. The SMILES string of the molecule is CCNC(=O)N[C@@H](Cc1cn(C(=O)OC(C)(C)C)c2ccccc12)NC(=O)[C@@H](Cc1cn(C(=O)OC(C)(C)C)c2ccccc12)NC(=O)OC(C)(C)C. The number of alkyl carbamates (subject to hydrolysis) is 1. The number of nitrogens with zero attached hydrogens (tertiary/aromatic N) is 2. The molecule has 2 atom stereocenters. The lowest BCUT2D eigenvalue weighted by atomic mass is 10.0. The maximum atomic E-state index is 14.3. The number of rotatable bonds is 9. The van der Waals surface area contributed by atoms with E-state index >= 15 is 0 Å². The molecule has 4 amide bonds. The van der Waals surface area contributed by atoms with Gasteiger partial charge in [-0.15, -0.1) is 0 Å². The number of nitrogens with one attached hydrogen (secondary N) is 4. The Morgan fingerprint density at radius 1 is 0.623 bits per heavy atom. The van der Waals surface area contributed by atoms with Gasteiger partial charge in [0.25, 0.3) is 0 Å². The van der Waals surface area contributed by atoms with Crippen LogP contribution in [0.3, 0.4) is 0 Å². The van der Waals surface area contributed by atoms with Gasteiger partial charge >= 0.3 is 24.3 Å². The van der Waals surface area contributed by atoms with Crippen LogP contribution in [0.5, 0.6) is 0 Å². The summed E-state index contributed by atoms with van der Waals surface area (Å²) in [5.74, 6) is -0.636. The Hall–Kier alpha value is -5.53. The first kappa shape index (κ1) is 40.2.